The molecule has 2 aromatic carbocycles. The fourth-order valence-electron chi connectivity index (χ4n) is 2.45. The minimum Gasteiger partial charge on any atom is -0.497 e. The largest absolute Gasteiger partial charge is 0.497 e. The van der Waals surface area contributed by atoms with E-state index in [1.54, 1.807) is 7.11 Å². The van der Waals surface area contributed by atoms with Crippen molar-refractivity contribution >= 4 is 22.3 Å². The van der Waals surface area contributed by atoms with E-state index in [1.165, 1.54) is 5.56 Å². The Kier molecular flexibility index (Phi) is 3.48. The number of nitrogens with one attached hydrogen (secondary N) is 1. The third kappa shape index (κ3) is 2.82. The predicted molar refractivity (Wildman–Crippen MR) is 87.5 cm³/mol. The first-order valence-corrected chi connectivity index (χ1v) is 6.95. The molecule has 0 bridgehead atoms. The highest BCUT2D eigenvalue weighted by Gasteiger charge is 2.06. The average molecular weight is 278 g/mol. The first-order valence-electron chi connectivity index (χ1n) is 6.95. The lowest BCUT2D eigenvalue weighted by atomic mass is 10.1. The maximum atomic E-state index is 5.32. The van der Waals surface area contributed by atoms with Crippen LogP contribution < -0.4 is 10.1 Å². The summed E-state index contributed by atoms with van der Waals surface area (Å²) >= 11 is 0. The molecule has 0 radical (unpaired) electrons. The summed E-state index contributed by atoms with van der Waals surface area (Å²) in [5, 5.41) is 4.54. The lowest BCUT2D eigenvalue weighted by Crippen LogP contribution is -1.95. The Hall–Kier alpha value is -2.55. The van der Waals surface area contributed by atoms with Crippen LogP contribution in [-0.4, -0.2) is 12.1 Å². The molecule has 0 aliphatic rings. The van der Waals surface area contributed by atoms with Gasteiger partial charge >= 0.3 is 0 Å². The van der Waals surface area contributed by atoms with E-state index in [4.69, 9.17) is 4.74 Å². The molecule has 1 aromatic heterocycles. The van der Waals surface area contributed by atoms with Gasteiger partial charge in [0.1, 0.15) is 5.75 Å². The van der Waals surface area contributed by atoms with Gasteiger partial charge in [0.05, 0.1) is 12.6 Å². The smallest absolute Gasteiger partial charge is 0.119 e. The number of hydrogen-bond donors (Lipinski definition) is 1. The van der Waals surface area contributed by atoms with E-state index in [9.17, 15) is 0 Å². The normalized spacial score (nSPS) is 10.6. The van der Waals surface area contributed by atoms with E-state index in [0.717, 1.165) is 33.7 Å². The van der Waals surface area contributed by atoms with Crippen molar-refractivity contribution in [2.45, 2.75) is 13.8 Å². The molecule has 0 spiro atoms. The molecule has 1 N–H and O–H groups in total. The Morgan fingerprint density at radius 2 is 1.86 bits per heavy atom. The number of fused-ring (bicyclic) bond motifs is 1. The van der Waals surface area contributed by atoms with Crippen LogP contribution in [0.25, 0.3) is 10.9 Å². The van der Waals surface area contributed by atoms with Crippen LogP contribution in [0.15, 0.2) is 48.5 Å². The van der Waals surface area contributed by atoms with Gasteiger partial charge in [-0.3, -0.25) is 4.98 Å². The summed E-state index contributed by atoms with van der Waals surface area (Å²) in [6.45, 7) is 4.09. The molecule has 0 saturated heterocycles. The molecule has 0 atom stereocenters. The molecule has 0 fully saturated rings. The number of anilines is 2. The summed E-state index contributed by atoms with van der Waals surface area (Å²) in [7, 11) is 1.68. The third-order valence-corrected chi connectivity index (χ3v) is 3.44. The van der Waals surface area contributed by atoms with Crippen molar-refractivity contribution in [1.82, 2.24) is 4.98 Å². The molecule has 106 valence electrons. The van der Waals surface area contributed by atoms with Gasteiger partial charge in [-0.25, -0.2) is 0 Å². The van der Waals surface area contributed by atoms with E-state index in [2.05, 4.69) is 47.6 Å². The van der Waals surface area contributed by atoms with Crippen molar-refractivity contribution in [2.24, 2.45) is 0 Å². The van der Waals surface area contributed by atoms with Crippen LogP contribution in [0.1, 0.15) is 11.3 Å². The van der Waals surface area contributed by atoms with Crippen molar-refractivity contribution in [3.8, 4) is 5.75 Å². The summed E-state index contributed by atoms with van der Waals surface area (Å²) in [5.41, 5.74) is 5.30. The number of hydrogen-bond acceptors (Lipinski definition) is 3. The quantitative estimate of drug-likeness (QED) is 0.760. The van der Waals surface area contributed by atoms with E-state index < -0.39 is 0 Å². The first kappa shape index (κ1) is 13.4. The number of pyridine rings is 1. The summed E-state index contributed by atoms with van der Waals surface area (Å²) in [5.74, 6) is 0.834. The van der Waals surface area contributed by atoms with Gasteiger partial charge < -0.3 is 10.1 Å². The Morgan fingerprint density at radius 1 is 1.00 bits per heavy atom. The second-order valence-corrected chi connectivity index (χ2v) is 5.19. The number of nitrogens with zero attached hydrogens (tertiary/aromatic N) is 1. The number of aryl methyl sites for hydroxylation is 2. The molecule has 21 heavy (non-hydrogen) atoms. The van der Waals surface area contributed by atoms with Crippen molar-refractivity contribution in [3.05, 3.63) is 59.8 Å². The zero-order valence-corrected chi connectivity index (χ0v) is 12.5. The molecule has 0 saturated carbocycles. The van der Waals surface area contributed by atoms with Crippen LogP contribution in [0.5, 0.6) is 5.75 Å². The van der Waals surface area contributed by atoms with E-state index in [1.807, 2.05) is 25.1 Å². The standard InChI is InChI=1S/C18H18N2O/c1-12-5-4-6-14(9-12)20-18-10-13(2)19-17-8-7-15(21-3)11-16(17)18/h4-11H,1-3H3,(H,19,20). The second-order valence-electron chi connectivity index (χ2n) is 5.19. The molecule has 3 aromatic rings. The van der Waals surface area contributed by atoms with Crippen molar-refractivity contribution in [3.63, 3.8) is 0 Å². The van der Waals surface area contributed by atoms with Gasteiger partial charge in [0.15, 0.2) is 0 Å². The van der Waals surface area contributed by atoms with Gasteiger partial charge in [-0.15, -0.1) is 0 Å². The van der Waals surface area contributed by atoms with Gasteiger partial charge in [-0.1, -0.05) is 12.1 Å². The van der Waals surface area contributed by atoms with Crippen LogP contribution in [0.3, 0.4) is 0 Å². The summed E-state index contributed by atoms with van der Waals surface area (Å²) in [6.07, 6.45) is 0. The van der Waals surface area contributed by atoms with Crippen molar-refractivity contribution < 1.29 is 4.74 Å². The maximum Gasteiger partial charge on any atom is 0.119 e. The van der Waals surface area contributed by atoms with E-state index in [-0.39, 0.29) is 0 Å². The van der Waals surface area contributed by atoms with E-state index in [0.29, 0.717) is 0 Å². The number of ether oxygens (including phenoxy) is 1. The minimum absolute atomic E-state index is 0.834. The highest BCUT2D eigenvalue weighted by molar-refractivity contribution is 5.94. The van der Waals surface area contributed by atoms with E-state index >= 15 is 0 Å². The fraction of sp³-hybridized carbons (Fsp3) is 0.167. The molecular formula is C18H18N2O. The maximum absolute atomic E-state index is 5.32. The number of rotatable bonds is 3. The van der Waals surface area contributed by atoms with Gasteiger partial charge in [0, 0.05) is 22.5 Å². The lowest BCUT2D eigenvalue weighted by Gasteiger charge is -2.12. The highest BCUT2D eigenvalue weighted by Crippen LogP contribution is 2.29. The molecule has 3 nitrogen and oxygen atoms in total. The Bertz CT molecular complexity index is 796. The molecule has 0 amide bonds. The molecule has 1 heterocycles. The lowest BCUT2D eigenvalue weighted by molar-refractivity contribution is 0.415. The fourth-order valence-corrected chi connectivity index (χ4v) is 2.45. The Morgan fingerprint density at radius 3 is 2.62 bits per heavy atom. The van der Waals surface area contributed by atoms with Crippen molar-refractivity contribution in [1.29, 1.82) is 0 Å². The summed E-state index contributed by atoms with van der Waals surface area (Å²) in [6, 6.07) is 16.3. The highest BCUT2D eigenvalue weighted by atomic mass is 16.5. The first-order chi connectivity index (χ1) is 10.2. The number of benzene rings is 2. The van der Waals surface area contributed by atoms with Gasteiger partial charge in [0.25, 0.3) is 0 Å². The van der Waals surface area contributed by atoms with Crippen LogP contribution in [0.2, 0.25) is 0 Å². The summed E-state index contributed by atoms with van der Waals surface area (Å²) < 4.78 is 5.32. The van der Waals surface area contributed by atoms with Crippen LogP contribution in [0, 0.1) is 13.8 Å². The molecule has 3 heteroatoms. The van der Waals surface area contributed by atoms with Gasteiger partial charge in [-0.2, -0.15) is 0 Å². The topological polar surface area (TPSA) is 34.1 Å². The molecular weight excluding hydrogens is 260 g/mol. The number of aromatic nitrogens is 1. The van der Waals surface area contributed by atoms with Crippen LogP contribution >= 0.6 is 0 Å². The second kappa shape index (κ2) is 5.44. The summed E-state index contributed by atoms with van der Waals surface area (Å²) in [4.78, 5) is 4.58. The van der Waals surface area contributed by atoms with Gasteiger partial charge in [-0.05, 0) is 55.8 Å². The van der Waals surface area contributed by atoms with Gasteiger partial charge in [0.2, 0.25) is 0 Å². The number of methoxy groups -OCH3 is 1. The van der Waals surface area contributed by atoms with Crippen LogP contribution in [-0.2, 0) is 0 Å². The average Bonchev–Trinajstić information content (AvgIpc) is 2.47. The predicted octanol–water partition coefficient (Wildman–Crippen LogP) is 4.60. The Balaban J connectivity index is 2.11. The molecule has 3 rings (SSSR count). The zero-order valence-electron chi connectivity index (χ0n) is 12.5. The zero-order chi connectivity index (χ0) is 14.8. The Labute approximate surface area is 124 Å². The SMILES string of the molecule is COc1ccc2nc(C)cc(Nc3cccc(C)c3)c2c1. The minimum atomic E-state index is 0.834. The van der Waals surface area contributed by atoms with Crippen molar-refractivity contribution in [2.75, 3.05) is 12.4 Å². The third-order valence-electron chi connectivity index (χ3n) is 3.44. The molecule has 0 unspecified atom stereocenters. The molecule has 0 aliphatic heterocycles. The van der Waals surface area contributed by atoms with Crippen LogP contribution in [0.4, 0.5) is 11.4 Å². The molecule has 0 aliphatic carbocycles. The monoisotopic (exact) mass is 278 g/mol.